The van der Waals surface area contributed by atoms with Crippen molar-refractivity contribution in [2.24, 2.45) is 0 Å². The number of hydrogen-bond acceptors (Lipinski definition) is 8. The number of rotatable bonds is 7. The van der Waals surface area contributed by atoms with Crippen LogP contribution in [0.25, 0.3) is 0 Å². The molecule has 2 atom stereocenters. The van der Waals surface area contributed by atoms with Crippen molar-refractivity contribution in [3.8, 4) is 0 Å². The Bertz CT molecular complexity index is 686. The minimum absolute atomic E-state index is 0.120. The van der Waals surface area contributed by atoms with Gasteiger partial charge in [-0.2, -0.15) is 0 Å². The fourth-order valence-electron chi connectivity index (χ4n) is 3.87. The Balaban J connectivity index is 1.95. The third-order valence-corrected chi connectivity index (χ3v) is 5.41. The summed E-state index contributed by atoms with van der Waals surface area (Å²) in [6.45, 7) is 7.64. The van der Waals surface area contributed by atoms with E-state index in [1.165, 1.54) is 0 Å². The average Bonchev–Trinajstić information content (AvgIpc) is 3.07. The molecule has 28 heavy (non-hydrogen) atoms. The van der Waals surface area contributed by atoms with Gasteiger partial charge in [0.2, 0.25) is 0 Å². The molecule has 2 aliphatic heterocycles. The molecule has 0 amide bonds. The van der Waals surface area contributed by atoms with Gasteiger partial charge in [-0.25, -0.2) is 0 Å². The molecule has 0 aromatic heterocycles. The van der Waals surface area contributed by atoms with Gasteiger partial charge >= 0.3 is 0 Å². The lowest BCUT2D eigenvalue weighted by Gasteiger charge is -2.44. The van der Waals surface area contributed by atoms with Gasteiger partial charge < -0.3 is 37.8 Å². The van der Waals surface area contributed by atoms with Gasteiger partial charge in [0.05, 0.1) is 33.2 Å². The highest BCUT2D eigenvalue weighted by molar-refractivity contribution is 7.43. The summed E-state index contributed by atoms with van der Waals surface area (Å²) in [5, 5.41) is 0. The van der Waals surface area contributed by atoms with Crippen LogP contribution < -0.4 is 9.79 Å². The Morgan fingerprint density at radius 2 is 1.46 bits per heavy atom. The van der Waals surface area contributed by atoms with Crippen LogP contribution in [0.1, 0.15) is 46.1 Å². The molecule has 2 heterocycles. The first-order chi connectivity index (χ1) is 12.9. The number of hydrogen-bond donors (Lipinski definition) is 0. The zero-order chi connectivity index (χ0) is 20.6. The number of phosphoric acid groups is 1. The number of ether oxygens (including phenoxy) is 4. The van der Waals surface area contributed by atoms with Crippen LogP contribution in [0.4, 0.5) is 0 Å². The quantitative estimate of drug-likeness (QED) is 0.622. The van der Waals surface area contributed by atoms with Gasteiger partial charge in [-0.3, -0.25) is 0 Å². The Kier molecular flexibility index (Phi) is 6.07. The topological polar surface area (TPSA) is 109 Å². The lowest BCUT2D eigenvalue weighted by Crippen LogP contribution is -2.41. The number of phosphoric ester groups is 1. The molecule has 9 heteroatoms. The molecule has 0 aliphatic carbocycles. The van der Waals surface area contributed by atoms with E-state index >= 15 is 0 Å². The molecule has 8 nitrogen and oxygen atoms in total. The van der Waals surface area contributed by atoms with Crippen molar-refractivity contribution >= 4 is 7.82 Å². The van der Waals surface area contributed by atoms with Crippen LogP contribution in [0, 0.1) is 0 Å². The van der Waals surface area contributed by atoms with E-state index in [1.54, 1.807) is 58.0 Å². The van der Waals surface area contributed by atoms with Crippen LogP contribution in [0.15, 0.2) is 30.3 Å². The summed E-state index contributed by atoms with van der Waals surface area (Å²) in [4.78, 5) is 23.5. The van der Waals surface area contributed by atoms with Crippen molar-refractivity contribution in [1.82, 2.24) is 0 Å². The molecule has 2 saturated heterocycles. The minimum Gasteiger partial charge on any atom is -0.790 e. The Labute approximate surface area is 165 Å². The minimum atomic E-state index is -5.32. The molecule has 1 aromatic carbocycles. The van der Waals surface area contributed by atoms with Crippen LogP contribution in [0.3, 0.4) is 0 Å². The monoisotopic (exact) mass is 414 g/mol. The molecule has 2 unspecified atom stereocenters. The molecule has 0 N–H and O–H groups in total. The molecule has 3 rings (SSSR count). The lowest BCUT2D eigenvalue weighted by atomic mass is 9.83. The van der Waals surface area contributed by atoms with Crippen LogP contribution in [-0.2, 0) is 33.6 Å². The van der Waals surface area contributed by atoms with Crippen molar-refractivity contribution in [3.63, 3.8) is 0 Å². The lowest BCUT2D eigenvalue weighted by molar-refractivity contribution is -0.352. The van der Waals surface area contributed by atoms with Crippen molar-refractivity contribution in [1.29, 1.82) is 0 Å². The second-order valence-corrected chi connectivity index (χ2v) is 9.29. The van der Waals surface area contributed by atoms with E-state index in [1.807, 2.05) is 0 Å². The standard InChI is InChI=1S/C19H29O8P/c1-17(2)23-12-15(25-17)10-19(27-28(20,21)22,14-8-6-5-7-9-14)11-16-13-24-18(3,4)26-16/h5-9,15-16H,10-13H2,1-4H3,(H2,20,21,22)/p-2. The third-order valence-electron chi connectivity index (χ3n) is 4.84. The zero-order valence-corrected chi connectivity index (χ0v) is 17.5. The highest BCUT2D eigenvalue weighted by Crippen LogP contribution is 2.48. The number of benzene rings is 1. The molecule has 0 saturated carbocycles. The van der Waals surface area contributed by atoms with E-state index in [9.17, 15) is 14.4 Å². The summed E-state index contributed by atoms with van der Waals surface area (Å²) >= 11 is 0. The van der Waals surface area contributed by atoms with Gasteiger partial charge in [0.25, 0.3) is 0 Å². The highest BCUT2D eigenvalue weighted by Gasteiger charge is 2.46. The van der Waals surface area contributed by atoms with E-state index < -0.39 is 37.2 Å². The van der Waals surface area contributed by atoms with Gasteiger partial charge in [0.1, 0.15) is 5.60 Å². The Morgan fingerprint density at radius 1 is 1.00 bits per heavy atom. The maximum Gasteiger partial charge on any atom is 0.163 e. The van der Waals surface area contributed by atoms with Gasteiger partial charge in [-0.05, 0) is 33.3 Å². The molecule has 0 bridgehead atoms. The second-order valence-electron chi connectivity index (χ2n) is 8.21. The van der Waals surface area contributed by atoms with Crippen molar-refractivity contribution in [3.05, 3.63) is 35.9 Å². The van der Waals surface area contributed by atoms with Crippen LogP contribution >= 0.6 is 7.82 Å². The zero-order valence-electron chi connectivity index (χ0n) is 16.6. The molecule has 0 radical (unpaired) electrons. The maximum absolute atomic E-state index is 11.7. The maximum atomic E-state index is 11.7. The fraction of sp³-hybridized carbons (Fsp3) is 0.684. The predicted molar refractivity (Wildman–Crippen MR) is 95.9 cm³/mol. The molecular weight excluding hydrogens is 387 g/mol. The van der Waals surface area contributed by atoms with Crippen LogP contribution in [-0.4, -0.2) is 37.0 Å². The van der Waals surface area contributed by atoms with Crippen molar-refractivity contribution in [2.75, 3.05) is 13.2 Å². The fourth-order valence-corrected chi connectivity index (χ4v) is 4.55. The van der Waals surface area contributed by atoms with Crippen LogP contribution in [0.5, 0.6) is 0 Å². The first-order valence-electron chi connectivity index (χ1n) is 9.30. The summed E-state index contributed by atoms with van der Waals surface area (Å²) in [5.74, 6) is -1.58. The van der Waals surface area contributed by atoms with E-state index in [0.29, 0.717) is 5.56 Å². The van der Waals surface area contributed by atoms with Gasteiger partial charge in [0.15, 0.2) is 11.6 Å². The van der Waals surface area contributed by atoms with Crippen LogP contribution in [0.2, 0.25) is 0 Å². The first-order valence-corrected chi connectivity index (χ1v) is 10.8. The average molecular weight is 414 g/mol. The molecule has 0 spiro atoms. The molecule has 2 fully saturated rings. The molecular formula is C19H27O8P-2. The molecule has 158 valence electrons. The Hall–Kier alpha value is -0.830. The summed E-state index contributed by atoms with van der Waals surface area (Å²) < 4.78 is 39.9. The van der Waals surface area contributed by atoms with E-state index in [4.69, 9.17) is 23.5 Å². The van der Waals surface area contributed by atoms with Crippen molar-refractivity contribution in [2.45, 2.75) is 69.9 Å². The molecule has 2 aliphatic rings. The highest BCUT2D eigenvalue weighted by atomic mass is 31.2. The SMILES string of the molecule is CC1(C)OCC(CC(CC2COC(C)(C)O2)(OP(=O)([O-])[O-])c2ccccc2)O1. The van der Waals surface area contributed by atoms with Gasteiger partial charge in [-0.1, -0.05) is 30.3 Å². The second kappa shape index (κ2) is 7.78. The smallest absolute Gasteiger partial charge is 0.163 e. The summed E-state index contributed by atoms with van der Waals surface area (Å²) in [6, 6.07) is 8.80. The normalized spacial score (nSPS) is 28.9. The summed E-state index contributed by atoms with van der Waals surface area (Å²) in [6.07, 6.45) is -0.654. The summed E-state index contributed by atoms with van der Waals surface area (Å²) in [7, 11) is -5.32. The largest absolute Gasteiger partial charge is 0.790 e. The van der Waals surface area contributed by atoms with Crippen molar-refractivity contribution < 1.29 is 37.8 Å². The van der Waals surface area contributed by atoms with Gasteiger partial charge in [0, 0.05) is 12.8 Å². The third kappa shape index (κ3) is 5.62. The molecule has 1 aromatic rings. The van der Waals surface area contributed by atoms with Gasteiger partial charge in [-0.15, -0.1) is 0 Å². The Morgan fingerprint density at radius 3 is 1.82 bits per heavy atom. The predicted octanol–water partition coefficient (Wildman–Crippen LogP) is 1.81. The first kappa shape index (κ1) is 21.9. The van der Waals surface area contributed by atoms with E-state index in [-0.39, 0.29) is 26.1 Å². The van der Waals surface area contributed by atoms with E-state index in [2.05, 4.69) is 0 Å². The summed E-state index contributed by atoms with van der Waals surface area (Å²) in [5.41, 5.74) is -0.896. The van der Waals surface area contributed by atoms with E-state index in [0.717, 1.165) is 0 Å².